The van der Waals surface area contributed by atoms with Gasteiger partial charge in [0, 0.05) is 41.3 Å². The first-order valence-electron chi connectivity index (χ1n) is 8.47. The Morgan fingerprint density at radius 2 is 2.00 bits per heavy atom. The van der Waals surface area contributed by atoms with Gasteiger partial charge in [-0.05, 0) is 31.5 Å². The molecule has 0 aliphatic rings. The summed E-state index contributed by atoms with van der Waals surface area (Å²) in [6.45, 7) is 3.75. The standard InChI is InChI=1S/C19H20N4O3S/c1-4-19(2,18-20-9-11-27-18)22-16(25)15(24)21-14-7-5-6-13-12(14)8-10-23(3)17(13)26/h5-11H,4H2,1-3H3,(H,21,24)(H,22,25)/t19-/m1/s1. The van der Waals surface area contributed by atoms with E-state index < -0.39 is 17.4 Å². The van der Waals surface area contributed by atoms with Crippen molar-refractivity contribution in [1.29, 1.82) is 0 Å². The first-order valence-corrected chi connectivity index (χ1v) is 9.35. The van der Waals surface area contributed by atoms with Gasteiger partial charge in [0.2, 0.25) is 0 Å². The maximum absolute atomic E-state index is 12.5. The smallest absolute Gasteiger partial charge is 0.313 e. The average Bonchev–Trinajstić information content (AvgIpc) is 3.20. The van der Waals surface area contributed by atoms with Crippen LogP contribution in [0.5, 0.6) is 0 Å². The molecule has 8 heteroatoms. The second kappa shape index (κ2) is 7.32. The number of hydrogen-bond acceptors (Lipinski definition) is 5. The zero-order valence-electron chi connectivity index (χ0n) is 15.3. The summed E-state index contributed by atoms with van der Waals surface area (Å²) in [5.41, 5.74) is -0.481. The van der Waals surface area contributed by atoms with Gasteiger partial charge in [-0.2, -0.15) is 0 Å². The number of benzene rings is 1. The molecular formula is C19H20N4O3S. The molecule has 2 heterocycles. The first-order chi connectivity index (χ1) is 12.9. The van der Waals surface area contributed by atoms with Crippen molar-refractivity contribution in [2.45, 2.75) is 25.8 Å². The molecule has 1 atom stereocenters. The summed E-state index contributed by atoms with van der Waals surface area (Å²) < 4.78 is 1.46. The fourth-order valence-electron chi connectivity index (χ4n) is 2.76. The molecule has 0 saturated carbocycles. The summed E-state index contributed by atoms with van der Waals surface area (Å²) in [6, 6.07) is 6.75. The molecule has 0 radical (unpaired) electrons. The van der Waals surface area contributed by atoms with Crippen molar-refractivity contribution in [1.82, 2.24) is 14.9 Å². The molecule has 0 spiro atoms. The molecule has 140 valence electrons. The number of fused-ring (bicyclic) bond motifs is 1. The van der Waals surface area contributed by atoms with E-state index in [1.165, 1.54) is 15.9 Å². The molecule has 0 aliphatic heterocycles. The zero-order valence-corrected chi connectivity index (χ0v) is 16.1. The molecule has 3 aromatic rings. The highest BCUT2D eigenvalue weighted by Crippen LogP contribution is 2.26. The Morgan fingerprint density at radius 1 is 1.22 bits per heavy atom. The Bertz CT molecular complexity index is 1060. The highest BCUT2D eigenvalue weighted by molar-refractivity contribution is 7.09. The lowest BCUT2D eigenvalue weighted by atomic mass is 10.00. The molecule has 0 saturated heterocycles. The van der Waals surface area contributed by atoms with Crippen LogP contribution in [0.3, 0.4) is 0 Å². The Morgan fingerprint density at radius 3 is 2.67 bits per heavy atom. The topological polar surface area (TPSA) is 93.1 Å². The molecule has 27 heavy (non-hydrogen) atoms. The Kier molecular flexibility index (Phi) is 5.09. The van der Waals surface area contributed by atoms with Gasteiger partial charge >= 0.3 is 11.8 Å². The highest BCUT2D eigenvalue weighted by atomic mass is 32.1. The first kappa shape index (κ1) is 18.8. The molecule has 0 aliphatic carbocycles. The number of anilines is 1. The van der Waals surface area contributed by atoms with Gasteiger partial charge in [0.15, 0.2) is 0 Å². The van der Waals surface area contributed by atoms with Crippen molar-refractivity contribution in [2.75, 3.05) is 5.32 Å². The molecule has 2 aromatic heterocycles. The maximum Gasteiger partial charge on any atom is 0.313 e. The summed E-state index contributed by atoms with van der Waals surface area (Å²) in [4.78, 5) is 41.4. The van der Waals surface area contributed by atoms with Gasteiger partial charge < -0.3 is 15.2 Å². The van der Waals surface area contributed by atoms with Gasteiger partial charge in [-0.25, -0.2) is 4.98 Å². The Labute approximate surface area is 160 Å². The van der Waals surface area contributed by atoms with E-state index in [0.29, 0.717) is 22.9 Å². The number of thiazole rings is 1. The van der Waals surface area contributed by atoms with Crippen LogP contribution in [0.15, 0.2) is 46.8 Å². The fourth-order valence-corrected chi connectivity index (χ4v) is 3.59. The summed E-state index contributed by atoms with van der Waals surface area (Å²) in [7, 11) is 1.66. The minimum atomic E-state index is -0.792. The zero-order chi connectivity index (χ0) is 19.6. The van der Waals surface area contributed by atoms with Crippen molar-refractivity contribution >= 4 is 39.6 Å². The highest BCUT2D eigenvalue weighted by Gasteiger charge is 2.31. The van der Waals surface area contributed by atoms with Gasteiger partial charge in [-0.15, -0.1) is 11.3 Å². The normalized spacial score (nSPS) is 13.1. The number of nitrogens with one attached hydrogen (secondary N) is 2. The second-order valence-corrected chi connectivity index (χ2v) is 7.32. The maximum atomic E-state index is 12.5. The number of carbonyl (C=O) groups is 2. The SMILES string of the molecule is CC[C@@](C)(NC(=O)C(=O)Nc1cccc2c(=O)n(C)ccc12)c1nccs1. The lowest BCUT2D eigenvalue weighted by molar-refractivity contribution is -0.137. The van der Waals surface area contributed by atoms with E-state index >= 15 is 0 Å². The van der Waals surface area contributed by atoms with Crippen LogP contribution in [0.2, 0.25) is 0 Å². The van der Waals surface area contributed by atoms with Gasteiger partial charge in [0.05, 0.1) is 5.54 Å². The molecule has 0 fully saturated rings. The quantitative estimate of drug-likeness (QED) is 0.676. The number of rotatable bonds is 4. The third-order valence-corrected chi connectivity index (χ3v) is 5.61. The van der Waals surface area contributed by atoms with Crippen LogP contribution in [0, 0.1) is 0 Å². The van der Waals surface area contributed by atoms with Crippen LogP contribution in [-0.4, -0.2) is 21.4 Å². The van der Waals surface area contributed by atoms with Crippen LogP contribution in [0.4, 0.5) is 5.69 Å². The summed E-state index contributed by atoms with van der Waals surface area (Å²) >= 11 is 1.42. The van der Waals surface area contributed by atoms with Crippen LogP contribution in [0.1, 0.15) is 25.3 Å². The number of hydrogen-bond donors (Lipinski definition) is 2. The number of aromatic nitrogens is 2. The fraction of sp³-hybridized carbons (Fsp3) is 0.263. The van der Waals surface area contributed by atoms with Crippen molar-refractivity contribution in [2.24, 2.45) is 7.05 Å². The molecule has 1 aromatic carbocycles. The van der Waals surface area contributed by atoms with Gasteiger partial charge in [-0.1, -0.05) is 13.0 Å². The third kappa shape index (κ3) is 3.61. The Balaban J connectivity index is 1.83. The largest absolute Gasteiger partial charge is 0.336 e. The lowest BCUT2D eigenvalue weighted by Gasteiger charge is -2.27. The van der Waals surface area contributed by atoms with Gasteiger partial charge in [0.25, 0.3) is 5.56 Å². The minimum Gasteiger partial charge on any atom is -0.336 e. The van der Waals surface area contributed by atoms with E-state index in [1.807, 2.05) is 19.2 Å². The Hall–Kier alpha value is -3.00. The average molecular weight is 384 g/mol. The van der Waals surface area contributed by atoms with E-state index in [9.17, 15) is 14.4 Å². The molecule has 7 nitrogen and oxygen atoms in total. The van der Waals surface area contributed by atoms with E-state index in [0.717, 1.165) is 5.01 Å². The number of nitrogens with zero attached hydrogens (tertiary/aromatic N) is 2. The molecule has 3 rings (SSSR count). The van der Waals surface area contributed by atoms with E-state index in [2.05, 4.69) is 15.6 Å². The van der Waals surface area contributed by atoms with E-state index in [4.69, 9.17) is 0 Å². The van der Waals surface area contributed by atoms with Crippen LogP contribution in [0.25, 0.3) is 10.8 Å². The van der Waals surface area contributed by atoms with E-state index in [1.54, 1.807) is 43.7 Å². The van der Waals surface area contributed by atoms with Gasteiger partial charge in [-0.3, -0.25) is 14.4 Å². The van der Waals surface area contributed by atoms with Crippen molar-refractivity contribution in [3.63, 3.8) is 0 Å². The monoisotopic (exact) mass is 384 g/mol. The second-order valence-electron chi connectivity index (χ2n) is 6.43. The lowest BCUT2D eigenvalue weighted by Crippen LogP contribution is -2.47. The predicted octanol–water partition coefficient (Wildman–Crippen LogP) is 2.38. The summed E-state index contributed by atoms with van der Waals surface area (Å²) in [5.74, 6) is -1.55. The number of carbonyl (C=O) groups excluding carboxylic acids is 2. The number of amides is 2. The molecule has 2 N–H and O–H groups in total. The van der Waals surface area contributed by atoms with Crippen LogP contribution < -0.4 is 16.2 Å². The van der Waals surface area contributed by atoms with Crippen molar-refractivity contribution in [3.05, 3.63) is 57.4 Å². The van der Waals surface area contributed by atoms with Crippen molar-refractivity contribution < 1.29 is 9.59 Å². The third-order valence-electron chi connectivity index (χ3n) is 4.58. The molecule has 2 amide bonds. The van der Waals surface area contributed by atoms with E-state index in [-0.39, 0.29) is 5.56 Å². The van der Waals surface area contributed by atoms with Crippen LogP contribution >= 0.6 is 11.3 Å². The predicted molar refractivity (Wildman–Crippen MR) is 106 cm³/mol. The van der Waals surface area contributed by atoms with Gasteiger partial charge in [0.1, 0.15) is 5.01 Å². The number of pyridine rings is 1. The number of aryl methyl sites for hydroxylation is 1. The summed E-state index contributed by atoms with van der Waals surface area (Å²) in [5, 5.41) is 8.99. The van der Waals surface area contributed by atoms with Crippen LogP contribution in [-0.2, 0) is 22.2 Å². The molecule has 0 bridgehead atoms. The molecular weight excluding hydrogens is 364 g/mol. The minimum absolute atomic E-state index is 0.171. The van der Waals surface area contributed by atoms with Crippen molar-refractivity contribution in [3.8, 4) is 0 Å². The molecule has 0 unspecified atom stereocenters. The summed E-state index contributed by atoms with van der Waals surface area (Å²) in [6.07, 6.45) is 3.87.